The number of halogens is 2. The first-order valence-corrected chi connectivity index (χ1v) is 5.46. The van der Waals surface area contributed by atoms with Crippen LogP contribution in [0.4, 0.5) is 14.5 Å². The third-order valence-corrected chi connectivity index (χ3v) is 2.68. The molecular weight excluding hydrogens is 248 g/mol. The van der Waals surface area contributed by atoms with Crippen LogP contribution in [0.2, 0.25) is 0 Å². The fraction of sp³-hybridized carbons (Fsp3) is 0.455. The van der Waals surface area contributed by atoms with Crippen LogP contribution in [-0.4, -0.2) is 24.2 Å². The van der Waals surface area contributed by atoms with Crippen molar-refractivity contribution in [1.29, 1.82) is 0 Å². The lowest BCUT2D eigenvalue weighted by Crippen LogP contribution is -2.26. The summed E-state index contributed by atoms with van der Waals surface area (Å²) in [5.74, 6) is -3.12. The predicted molar refractivity (Wildman–Crippen MR) is 57.5 cm³/mol. The first-order valence-electron chi connectivity index (χ1n) is 5.46. The maximum absolute atomic E-state index is 13.5. The van der Waals surface area contributed by atoms with Gasteiger partial charge in [-0.3, -0.25) is 10.1 Å². The molecule has 0 saturated carbocycles. The van der Waals surface area contributed by atoms with E-state index in [1.54, 1.807) is 0 Å². The Balaban J connectivity index is 2.29. The van der Waals surface area contributed by atoms with E-state index in [9.17, 15) is 18.9 Å². The highest BCUT2D eigenvalue weighted by Gasteiger charge is 2.26. The van der Waals surface area contributed by atoms with Gasteiger partial charge in [-0.05, 0) is 6.07 Å². The molecule has 0 spiro atoms. The van der Waals surface area contributed by atoms with E-state index < -0.39 is 34.1 Å². The van der Waals surface area contributed by atoms with Gasteiger partial charge in [0.25, 0.3) is 0 Å². The molecule has 1 aliphatic rings. The summed E-state index contributed by atoms with van der Waals surface area (Å²) in [7, 11) is 0. The molecule has 0 N–H and O–H groups in total. The third kappa shape index (κ3) is 2.56. The average Bonchev–Trinajstić information content (AvgIpc) is 2.36. The fourth-order valence-electron chi connectivity index (χ4n) is 1.74. The van der Waals surface area contributed by atoms with Gasteiger partial charge in [0, 0.05) is 18.9 Å². The van der Waals surface area contributed by atoms with Crippen molar-refractivity contribution in [3.8, 4) is 5.75 Å². The molecule has 0 aromatic heterocycles. The van der Waals surface area contributed by atoms with E-state index >= 15 is 0 Å². The second-order valence-corrected chi connectivity index (χ2v) is 3.90. The number of hydrogen-bond donors (Lipinski definition) is 0. The van der Waals surface area contributed by atoms with Gasteiger partial charge >= 0.3 is 5.69 Å². The van der Waals surface area contributed by atoms with Crippen molar-refractivity contribution in [3.63, 3.8) is 0 Å². The Hall–Kier alpha value is -1.76. The monoisotopic (exact) mass is 259 g/mol. The van der Waals surface area contributed by atoms with Crippen LogP contribution in [0.3, 0.4) is 0 Å². The van der Waals surface area contributed by atoms with Crippen molar-refractivity contribution in [1.82, 2.24) is 0 Å². The molecular formula is C11H11F2NO4. The number of nitro groups is 1. The van der Waals surface area contributed by atoms with Crippen LogP contribution >= 0.6 is 0 Å². The Bertz CT molecular complexity index is 461. The Morgan fingerprint density at radius 3 is 2.61 bits per heavy atom. The first-order chi connectivity index (χ1) is 8.59. The smallest absolute Gasteiger partial charge is 0.314 e. The van der Waals surface area contributed by atoms with E-state index in [-0.39, 0.29) is 0 Å². The largest absolute Gasteiger partial charge is 0.481 e. The van der Waals surface area contributed by atoms with Crippen LogP contribution in [0.1, 0.15) is 12.8 Å². The average molecular weight is 259 g/mol. The van der Waals surface area contributed by atoms with E-state index in [2.05, 4.69) is 0 Å². The topological polar surface area (TPSA) is 61.6 Å². The Labute approximate surface area is 101 Å². The van der Waals surface area contributed by atoms with Crippen molar-refractivity contribution < 1.29 is 23.2 Å². The van der Waals surface area contributed by atoms with Crippen LogP contribution in [0.5, 0.6) is 5.75 Å². The molecule has 7 heteroatoms. The van der Waals surface area contributed by atoms with Crippen LogP contribution in [-0.2, 0) is 4.74 Å². The molecule has 0 radical (unpaired) electrons. The van der Waals surface area contributed by atoms with Crippen LogP contribution in [0, 0.1) is 21.7 Å². The standard InChI is InChI=1S/C11H11F2NO4/c12-8-1-2-9(14(15)16)11(10(8)13)18-7-3-5-17-6-4-7/h1-2,7H,3-6H2. The minimum Gasteiger partial charge on any atom is -0.481 e. The van der Waals surface area contributed by atoms with Gasteiger partial charge in [0.15, 0.2) is 5.82 Å². The zero-order chi connectivity index (χ0) is 13.1. The van der Waals surface area contributed by atoms with Gasteiger partial charge in [-0.25, -0.2) is 4.39 Å². The number of rotatable bonds is 3. The molecule has 1 aliphatic heterocycles. The number of ether oxygens (including phenoxy) is 2. The summed E-state index contributed by atoms with van der Waals surface area (Å²) in [6, 6.07) is 1.61. The summed E-state index contributed by atoms with van der Waals surface area (Å²) >= 11 is 0. The van der Waals surface area contributed by atoms with Crippen molar-refractivity contribution in [2.45, 2.75) is 18.9 Å². The van der Waals surface area contributed by atoms with E-state index in [1.807, 2.05) is 0 Å². The van der Waals surface area contributed by atoms with E-state index in [1.165, 1.54) is 0 Å². The summed E-state index contributed by atoms with van der Waals surface area (Å²) in [6.45, 7) is 0.880. The van der Waals surface area contributed by atoms with Gasteiger partial charge in [-0.1, -0.05) is 0 Å². The zero-order valence-corrected chi connectivity index (χ0v) is 9.40. The van der Waals surface area contributed by atoms with Gasteiger partial charge in [0.05, 0.1) is 18.1 Å². The van der Waals surface area contributed by atoms with Crippen LogP contribution in [0.15, 0.2) is 12.1 Å². The molecule has 0 bridgehead atoms. The van der Waals surface area contributed by atoms with Crippen molar-refractivity contribution in [2.75, 3.05) is 13.2 Å². The SMILES string of the molecule is O=[N+]([O-])c1ccc(F)c(F)c1OC1CCOCC1. The normalized spacial score (nSPS) is 16.6. The summed E-state index contributed by atoms with van der Waals surface area (Å²) in [5.41, 5.74) is -0.569. The fourth-order valence-corrected chi connectivity index (χ4v) is 1.74. The molecule has 2 rings (SSSR count). The summed E-state index contributed by atoms with van der Waals surface area (Å²) in [6.07, 6.45) is 0.592. The molecule has 0 aliphatic carbocycles. The molecule has 5 nitrogen and oxygen atoms in total. The molecule has 0 amide bonds. The molecule has 1 fully saturated rings. The van der Waals surface area contributed by atoms with Crippen LogP contribution in [0.25, 0.3) is 0 Å². The number of nitro benzene ring substituents is 1. The summed E-state index contributed by atoms with van der Waals surface area (Å²) < 4.78 is 36.9. The highest BCUT2D eigenvalue weighted by Crippen LogP contribution is 2.33. The second kappa shape index (κ2) is 5.26. The van der Waals surface area contributed by atoms with Gasteiger partial charge in [-0.15, -0.1) is 0 Å². The second-order valence-electron chi connectivity index (χ2n) is 3.90. The maximum atomic E-state index is 13.5. The van der Waals surface area contributed by atoms with E-state index in [4.69, 9.17) is 9.47 Å². The molecule has 98 valence electrons. The first kappa shape index (κ1) is 12.7. The quantitative estimate of drug-likeness (QED) is 0.617. The Morgan fingerprint density at radius 1 is 1.33 bits per heavy atom. The zero-order valence-electron chi connectivity index (χ0n) is 9.40. The van der Waals surface area contributed by atoms with Gasteiger partial charge in [0.2, 0.25) is 11.6 Å². The minimum atomic E-state index is -1.32. The highest BCUT2D eigenvalue weighted by molar-refractivity contribution is 5.47. The minimum absolute atomic E-state index is 0.395. The molecule has 0 unspecified atom stereocenters. The Kier molecular flexibility index (Phi) is 3.71. The molecule has 1 aromatic rings. The Morgan fingerprint density at radius 2 is 2.00 bits per heavy atom. The van der Waals surface area contributed by atoms with Gasteiger partial charge in [0.1, 0.15) is 6.10 Å². The number of benzene rings is 1. The van der Waals surface area contributed by atoms with Crippen molar-refractivity contribution >= 4 is 5.69 Å². The van der Waals surface area contributed by atoms with E-state index in [0.717, 1.165) is 6.07 Å². The third-order valence-electron chi connectivity index (χ3n) is 2.68. The lowest BCUT2D eigenvalue weighted by molar-refractivity contribution is -0.386. The number of hydrogen-bond acceptors (Lipinski definition) is 4. The molecule has 1 heterocycles. The predicted octanol–water partition coefficient (Wildman–Crippen LogP) is 2.43. The van der Waals surface area contributed by atoms with Crippen molar-refractivity contribution in [2.24, 2.45) is 0 Å². The summed E-state index contributed by atoms with van der Waals surface area (Å²) in [4.78, 5) is 9.94. The highest BCUT2D eigenvalue weighted by atomic mass is 19.2. The molecule has 0 atom stereocenters. The lowest BCUT2D eigenvalue weighted by atomic mass is 10.1. The van der Waals surface area contributed by atoms with Gasteiger partial charge < -0.3 is 9.47 Å². The molecule has 1 aromatic carbocycles. The van der Waals surface area contributed by atoms with Crippen molar-refractivity contribution in [3.05, 3.63) is 33.9 Å². The van der Waals surface area contributed by atoms with Crippen LogP contribution < -0.4 is 4.74 Å². The van der Waals surface area contributed by atoms with E-state index in [0.29, 0.717) is 32.1 Å². The number of nitrogens with zero attached hydrogens (tertiary/aromatic N) is 1. The molecule has 1 saturated heterocycles. The van der Waals surface area contributed by atoms with Gasteiger partial charge in [-0.2, -0.15) is 4.39 Å². The maximum Gasteiger partial charge on any atom is 0.314 e. The molecule has 18 heavy (non-hydrogen) atoms. The summed E-state index contributed by atoms with van der Waals surface area (Å²) in [5, 5.41) is 10.7. The lowest BCUT2D eigenvalue weighted by Gasteiger charge is -2.23.